The van der Waals surface area contributed by atoms with Crippen LogP contribution in [0.5, 0.6) is 17.2 Å². The molecule has 0 unspecified atom stereocenters. The van der Waals surface area contributed by atoms with E-state index in [0.29, 0.717) is 24.4 Å². The van der Waals surface area contributed by atoms with E-state index in [1.807, 2.05) is 42.2 Å². The van der Waals surface area contributed by atoms with Crippen molar-refractivity contribution in [3.63, 3.8) is 0 Å². The summed E-state index contributed by atoms with van der Waals surface area (Å²) in [7, 11) is 4.89. The summed E-state index contributed by atoms with van der Waals surface area (Å²) in [5.74, 6) is 2.24. The van der Waals surface area contributed by atoms with Crippen LogP contribution in [0.2, 0.25) is 0 Å². The predicted molar refractivity (Wildman–Crippen MR) is 95.7 cm³/mol. The Morgan fingerprint density at radius 2 is 1.56 bits per heavy atom. The highest BCUT2D eigenvalue weighted by molar-refractivity contribution is 5.94. The molecule has 0 radical (unpaired) electrons. The van der Waals surface area contributed by atoms with Gasteiger partial charge in [-0.2, -0.15) is 0 Å². The molecule has 0 aliphatic carbocycles. The van der Waals surface area contributed by atoms with Crippen LogP contribution in [0.1, 0.15) is 27.0 Å². The lowest BCUT2D eigenvalue weighted by molar-refractivity contribution is 0.0734. The third-order valence-corrected chi connectivity index (χ3v) is 4.65. The number of hydrogen-bond acceptors (Lipinski definition) is 4. The highest BCUT2D eigenvalue weighted by Crippen LogP contribution is 2.33. The Morgan fingerprint density at radius 1 is 0.920 bits per heavy atom. The Kier molecular flexibility index (Phi) is 4.83. The van der Waals surface area contributed by atoms with E-state index in [-0.39, 0.29) is 5.91 Å². The number of nitrogens with zero attached hydrogens (tertiary/aromatic N) is 1. The van der Waals surface area contributed by atoms with Crippen molar-refractivity contribution in [2.24, 2.45) is 0 Å². The summed E-state index contributed by atoms with van der Waals surface area (Å²) in [5.41, 5.74) is 3.94. The van der Waals surface area contributed by atoms with Crippen molar-refractivity contribution < 1.29 is 19.0 Å². The summed E-state index contributed by atoms with van der Waals surface area (Å²) in [4.78, 5) is 14.7. The van der Waals surface area contributed by atoms with Crippen molar-refractivity contribution in [1.29, 1.82) is 0 Å². The fourth-order valence-electron chi connectivity index (χ4n) is 3.25. The largest absolute Gasteiger partial charge is 0.496 e. The molecule has 0 saturated carbocycles. The van der Waals surface area contributed by atoms with Crippen LogP contribution in [0.3, 0.4) is 0 Å². The number of carbonyl (C=O) groups is 1. The molecule has 132 valence electrons. The van der Waals surface area contributed by atoms with E-state index < -0.39 is 0 Å². The third-order valence-electron chi connectivity index (χ3n) is 4.65. The van der Waals surface area contributed by atoms with E-state index in [1.54, 1.807) is 21.3 Å². The Balaban J connectivity index is 1.84. The highest BCUT2D eigenvalue weighted by Gasteiger charge is 2.24. The van der Waals surface area contributed by atoms with Crippen molar-refractivity contribution in [1.82, 2.24) is 4.90 Å². The van der Waals surface area contributed by atoms with Gasteiger partial charge in [-0.3, -0.25) is 4.79 Å². The topological polar surface area (TPSA) is 48.0 Å². The first-order chi connectivity index (χ1) is 12.1. The van der Waals surface area contributed by atoms with Gasteiger partial charge < -0.3 is 19.1 Å². The second-order valence-corrected chi connectivity index (χ2v) is 6.14. The molecule has 3 rings (SSSR count). The van der Waals surface area contributed by atoms with Crippen LogP contribution in [0.15, 0.2) is 30.3 Å². The van der Waals surface area contributed by atoms with Crippen molar-refractivity contribution in [3.8, 4) is 17.2 Å². The van der Waals surface area contributed by atoms with Crippen LogP contribution in [-0.2, 0) is 13.0 Å². The van der Waals surface area contributed by atoms with Crippen LogP contribution in [0, 0.1) is 6.92 Å². The summed E-state index contributed by atoms with van der Waals surface area (Å²) in [6.07, 6.45) is 0.802. The van der Waals surface area contributed by atoms with Crippen LogP contribution in [0.25, 0.3) is 0 Å². The van der Waals surface area contributed by atoms with E-state index in [4.69, 9.17) is 14.2 Å². The molecule has 2 aromatic carbocycles. The number of aryl methyl sites for hydroxylation is 1. The van der Waals surface area contributed by atoms with E-state index in [1.165, 1.54) is 5.56 Å². The maximum atomic E-state index is 12.9. The SMILES string of the molecule is COc1ccc(C(=O)N2CCc3cc(OC)c(OC)cc3C2)cc1C. The normalized spacial score (nSPS) is 13.2. The zero-order chi connectivity index (χ0) is 18.0. The predicted octanol–water partition coefficient (Wildman–Crippen LogP) is 3.22. The summed E-state index contributed by atoms with van der Waals surface area (Å²) < 4.78 is 16.0. The molecule has 0 N–H and O–H groups in total. The van der Waals surface area contributed by atoms with E-state index >= 15 is 0 Å². The molecule has 1 aliphatic rings. The summed E-state index contributed by atoms with van der Waals surface area (Å²) in [6.45, 7) is 3.20. The molecule has 0 aromatic heterocycles. The van der Waals surface area contributed by atoms with E-state index in [9.17, 15) is 4.79 Å². The van der Waals surface area contributed by atoms with Gasteiger partial charge in [-0.1, -0.05) is 0 Å². The number of hydrogen-bond donors (Lipinski definition) is 0. The summed E-state index contributed by atoms with van der Waals surface area (Å²) in [5, 5.41) is 0. The average molecular weight is 341 g/mol. The monoisotopic (exact) mass is 341 g/mol. The molecular weight excluding hydrogens is 318 g/mol. The maximum Gasteiger partial charge on any atom is 0.254 e. The van der Waals surface area contributed by atoms with Gasteiger partial charge in [0.05, 0.1) is 21.3 Å². The van der Waals surface area contributed by atoms with Gasteiger partial charge in [-0.15, -0.1) is 0 Å². The van der Waals surface area contributed by atoms with Gasteiger partial charge in [0.15, 0.2) is 11.5 Å². The Bertz CT molecular complexity index is 801. The number of fused-ring (bicyclic) bond motifs is 1. The van der Waals surface area contributed by atoms with E-state index in [2.05, 4.69) is 0 Å². The van der Waals surface area contributed by atoms with Crippen molar-refractivity contribution in [2.75, 3.05) is 27.9 Å². The molecule has 0 bridgehead atoms. The molecule has 1 amide bonds. The van der Waals surface area contributed by atoms with Crippen molar-refractivity contribution >= 4 is 5.91 Å². The number of rotatable bonds is 4. The smallest absolute Gasteiger partial charge is 0.254 e. The highest BCUT2D eigenvalue weighted by atomic mass is 16.5. The van der Waals surface area contributed by atoms with Gasteiger partial charge in [-0.25, -0.2) is 0 Å². The third kappa shape index (κ3) is 3.27. The first-order valence-electron chi connectivity index (χ1n) is 8.25. The quantitative estimate of drug-likeness (QED) is 0.857. The molecular formula is C20H23NO4. The average Bonchev–Trinajstić information content (AvgIpc) is 2.65. The minimum atomic E-state index is 0.0335. The minimum Gasteiger partial charge on any atom is -0.496 e. The molecule has 5 heteroatoms. The van der Waals surface area contributed by atoms with Gasteiger partial charge in [0.1, 0.15) is 5.75 Å². The number of amides is 1. The van der Waals surface area contributed by atoms with Crippen molar-refractivity contribution in [2.45, 2.75) is 19.9 Å². The first kappa shape index (κ1) is 17.1. The zero-order valence-electron chi connectivity index (χ0n) is 15.1. The van der Waals surface area contributed by atoms with Crippen LogP contribution in [0.4, 0.5) is 0 Å². The van der Waals surface area contributed by atoms with Gasteiger partial charge in [0.2, 0.25) is 0 Å². The molecule has 1 heterocycles. The van der Waals surface area contributed by atoms with Crippen molar-refractivity contribution in [3.05, 3.63) is 52.6 Å². The molecule has 0 fully saturated rings. The van der Waals surface area contributed by atoms with Crippen LogP contribution < -0.4 is 14.2 Å². The molecule has 0 saturated heterocycles. The molecule has 2 aromatic rings. The van der Waals surface area contributed by atoms with Gasteiger partial charge in [0.25, 0.3) is 5.91 Å². The number of carbonyl (C=O) groups excluding carboxylic acids is 1. The zero-order valence-corrected chi connectivity index (χ0v) is 15.1. The molecule has 0 atom stereocenters. The Morgan fingerprint density at radius 3 is 2.16 bits per heavy atom. The van der Waals surface area contributed by atoms with Gasteiger partial charge in [0, 0.05) is 18.7 Å². The minimum absolute atomic E-state index is 0.0335. The number of benzene rings is 2. The van der Waals surface area contributed by atoms with Crippen LogP contribution in [-0.4, -0.2) is 38.7 Å². The fourth-order valence-corrected chi connectivity index (χ4v) is 3.25. The number of ether oxygens (including phenoxy) is 3. The maximum absolute atomic E-state index is 12.9. The van der Waals surface area contributed by atoms with Gasteiger partial charge >= 0.3 is 0 Å². The molecule has 0 spiro atoms. The summed E-state index contributed by atoms with van der Waals surface area (Å²) >= 11 is 0. The fraction of sp³-hybridized carbons (Fsp3) is 0.350. The molecule has 25 heavy (non-hydrogen) atoms. The number of methoxy groups -OCH3 is 3. The molecule has 1 aliphatic heterocycles. The lowest BCUT2D eigenvalue weighted by atomic mass is 9.98. The lowest BCUT2D eigenvalue weighted by Crippen LogP contribution is -2.36. The van der Waals surface area contributed by atoms with Gasteiger partial charge in [-0.05, 0) is 60.4 Å². The second-order valence-electron chi connectivity index (χ2n) is 6.14. The Labute approximate surface area is 148 Å². The second kappa shape index (κ2) is 7.05. The Hall–Kier alpha value is -2.69. The summed E-state index contributed by atoms with van der Waals surface area (Å²) in [6, 6.07) is 9.51. The lowest BCUT2D eigenvalue weighted by Gasteiger charge is -2.30. The first-order valence-corrected chi connectivity index (χ1v) is 8.25. The standard InChI is InChI=1S/C20H23NO4/c1-13-9-15(5-6-17(13)23-2)20(22)21-8-7-14-10-18(24-3)19(25-4)11-16(14)12-21/h5-6,9-11H,7-8,12H2,1-4H3. The van der Waals surface area contributed by atoms with Crippen LogP contribution >= 0.6 is 0 Å². The van der Waals surface area contributed by atoms with E-state index in [0.717, 1.165) is 29.0 Å². The molecule has 5 nitrogen and oxygen atoms in total.